The van der Waals surface area contributed by atoms with Crippen molar-refractivity contribution in [3.63, 3.8) is 0 Å². The number of nitrogens with zero attached hydrogens (tertiary/aromatic N) is 1. The molecule has 0 radical (unpaired) electrons. The summed E-state index contributed by atoms with van der Waals surface area (Å²) in [5.41, 5.74) is 7.76. The van der Waals surface area contributed by atoms with Gasteiger partial charge < -0.3 is 10.6 Å². The number of benzene rings is 2. The summed E-state index contributed by atoms with van der Waals surface area (Å²) in [6.07, 6.45) is 0.859. The van der Waals surface area contributed by atoms with Crippen molar-refractivity contribution in [1.82, 2.24) is 0 Å². The van der Waals surface area contributed by atoms with E-state index < -0.39 is 0 Å². The molecule has 0 unspecified atom stereocenters. The Morgan fingerprint density at radius 1 is 1.24 bits per heavy atom. The SMILES string of the molecule is CCCN(C(=O)c1cc(Cl)cc(Br)c1)c1ccc(N)cc1. The van der Waals surface area contributed by atoms with Crippen LogP contribution in [0.5, 0.6) is 0 Å². The number of halogens is 2. The highest BCUT2D eigenvalue weighted by Gasteiger charge is 2.17. The monoisotopic (exact) mass is 366 g/mol. The fraction of sp³-hybridized carbons (Fsp3) is 0.188. The average molecular weight is 368 g/mol. The first kappa shape index (κ1) is 15.9. The maximum absolute atomic E-state index is 12.7. The molecule has 3 nitrogen and oxygen atoms in total. The Kier molecular flexibility index (Phi) is 5.26. The zero-order valence-corrected chi connectivity index (χ0v) is 14.0. The van der Waals surface area contributed by atoms with E-state index in [-0.39, 0.29) is 5.91 Å². The lowest BCUT2D eigenvalue weighted by Gasteiger charge is -2.22. The minimum atomic E-state index is -0.0789. The highest BCUT2D eigenvalue weighted by Crippen LogP contribution is 2.24. The van der Waals surface area contributed by atoms with E-state index in [1.54, 1.807) is 35.2 Å². The van der Waals surface area contributed by atoms with E-state index in [0.717, 1.165) is 16.6 Å². The van der Waals surface area contributed by atoms with Crippen molar-refractivity contribution in [2.45, 2.75) is 13.3 Å². The number of anilines is 2. The summed E-state index contributed by atoms with van der Waals surface area (Å²) in [7, 11) is 0. The Bertz CT molecular complexity index is 623. The molecule has 110 valence electrons. The fourth-order valence-electron chi connectivity index (χ4n) is 2.06. The minimum absolute atomic E-state index is 0.0789. The Morgan fingerprint density at radius 3 is 2.48 bits per heavy atom. The van der Waals surface area contributed by atoms with Crippen LogP contribution < -0.4 is 10.6 Å². The zero-order chi connectivity index (χ0) is 15.4. The largest absolute Gasteiger partial charge is 0.399 e. The highest BCUT2D eigenvalue weighted by molar-refractivity contribution is 9.10. The molecular formula is C16H16BrClN2O. The molecule has 2 rings (SSSR count). The van der Waals surface area contributed by atoms with Crippen LogP contribution in [0.1, 0.15) is 23.7 Å². The van der Waals surface area contributed by atoms with Crippen LogP contribution in [0.25, 0.3) is 0 Å². The van der Waals surface area contributed by atoms with Crippen LogP contribution in [0.15, 0.2) is 46.9 Å². The number of amides is 1. The van der Waals surface area contributed by atoms with E-state index in [4.69, 9.17) is 17.3 Å². The molecule has 0 bridgehead atoms. The Labute approximate surface area is 137 Å². The first-order chi connectivity index (χ1) is 10.0. The van der Waals surface area contributed by atoms with Gasteiger partial charge in [0.25, 0.3) is 5.91 Å². The van der Waals surface area contributed by atoms with Crippen LogP contribution in [-0.2, 0) is 0 Å². The second-order valence-corrected chi connectivity index (χ2v) is 6.06. The van der Waals surface area contributed by atoms with Gasteiger partial charge in [0.1, 0.15) is 0 Å². The van der Waals surface area contributed by atoms with Gasteiger partial charge in [-0.05, 0) is 48.9 Å². The van der Waals surface area contributed by atoms with Gasteiger partial charge in [-0.3, -0.25) is 4.79 Å². The molecule has 0 aliphatic heterocycles. The molecule has 0 atom stereocenters. The van der Waals surface area contributed by atoms with Gasteiger partial charge in [0, 0.05) is 33.0 Å². The van der Waals surface area contributed by atoms with Crippen molar-refractivity contribution in [3.05, 3.63) is 57.5 Å². The van der Waals surface area contributed by atoms with E-state index in [1.165, 1.54) is 0 Å². The molecule has 0 aliphatic carbocycles. The predicted octanol–water partition coefficient (Wildman–Crippen LogP) is 4.74. The van der Waals surface area contributed by atoms with Crippen molar-refractivity contribution in [2.75, 3.05) is 17.2 Å². The highest BCUT2D eigenvalue weighted by atomic mass is 79.9. The third-order valence-electron chi connectivity index (χ3n) is 3.01. The molecule has 0 saturated heterocycles. The van der Waals surface area contributed by atoms with Gasteiger partial charge in [0.15, 0.2) is 0 Å². The van der Waals surface area contributed by atoms with Crippen LogP contribution in [0.3, 0.4) is 0 Å². The minimum Gasteiger partial charge on any atom is -0.399 e. The summed E-state index contributed by atoms with van der Waals surface area (Å²) in [6.45, 7) is 2.67. The summed E-state index contributed by atoms with van der Waals surface area (Å²) in [5, 5.41) is 0.529. The van der Waals surface area contributed by atoms with Gasteiger partial charge in [0.2, 0.25) is 0 Å². The third kappa shape index (κ3) is 3.99. The molecule has 2 aromatic carbocycles. The van der Waals surface area contributed by atoms with Gasteiger partial charge in [-0.25, -0.2) is 0 Å². The smallest absolute Gasteiger partial charge is 0.258 e. The third-order valence-corrected chi connectivity index (χ3v) is 3.68. The molecule has 2 N–H and O–H groups in total. The van der Waals surface area contributed by atoms with Crippen LogP contribution in [0.4, 0.5) is 11.4 Å². The number of hydrogen-bond donors (Lipinski definition) is 1. The predicted molar refractivity (Wildman–Crippen MR) is 92.0 cm³/mol. The maximum Gasteiger partial charge on any atom is 0.258 e. The van der Waals surface area contributed by atoms with Crippen LogP contribution in [0, 0.1) is 0 Å². The number of rotatable bonds is 4. The number of carbonyl (C=O) groups excluding carboxylic acids is 1. The molecular weight excluding hydrogens is 352 g/mol. The van der Waals surface area contributed by atoms with E-state index in [2.05, 4.69) is 15.9 Å². The van der Waals surface area contributed by atoms with Gasteiger partial charge in [0.05, 0.1) is 0 Å². The average Bonchev–Trinajstić information content (AvgIpc) is 2.44. The summed E-state index contributed by atoms with van der Waals surface area (Å²) in [4.78, 5) is 14.5. The summed E-state index contributed by atoms with van der Waals surface area (Å²) >= 11 is 9.39. The lowest BCUT2D eigenvalue weighted by molar-refractivity contribution is 0.0987. The second-order valence-electron chi connectivity index (χ2n) is 4.71. The lowest BCUT2D eigenvalue weighted by atomic mass is 10.1. The number of nitrogen functional groups attached to an aromatic ring is 1. The van der Waals surface area contributed by atoms with Crippen LogP contribution >= 0.6 is 27.5 Å². The van der Waals surface area contributed by atoms with Crippen molar-refractivity contribution in [1.29, 1.82) is 0 Å². The first-order valence-corrected chi connectivity index (χ1v) is 7.82. The van der Waals surface area contributed by atoms with Gasteiger partial charge in [-0.1, -0.05) is 34.5 Å². The van der Waals surface area contributed by atoms with Crippen molar-refractivity contribution >= 4 is 44.8 Å². The normalized spacial score (nSPS) is 10.4. The summed E-state index contributed by atoms with van der Waals surface area (Å²) in [6, 6.07) is 12.5. The van der Waals surface area contributed by atoms with Crippen LogP contribution in [-0.4, -0.2) is 12.5 Å². The van der Waals surface area contributed by atoms with E-state index in [9.17, 15) is 4.79 Å². The van der Waals surface area contributed by atoms with Crippen molar-refractivity contribution in [2.24, 2.45) is 0 Å². The quantitative estimate of drug-likeness (QED) is 0.793. The summed E-state index contributed by atoms with van der Waals surface area (Å²) < 4.78 is 0.784. The number of nitrogens with two attached hydrogens (primary N) is 1. The van der Waals surface area contributed by atoms with E-state index in [0.29, 0.717) is 22.8 Å². The van der Waals surface area contributed by atoms with E-state index >= 15 is 0 Å². The van der Waals surface area contributed by atoms with E-state index in [1.807, 2.05) is 19.1 Å². The van der Waals surface area contributed by atoms with Crippen LogP contribution in [0.2, 0.25) is 5.02 Å². The fourth-order valence-corrected chi connectivity index (χ4v) is 2.92. The van der Waals surface area contributed by atoms with Gasteiger partial charge >= 0.3 is 0 Å². The zero-order valence-electron chi connectivity index (χ0n) is 11.6. The number of hydrogen-bond acceptors (Lipinski definition) is 2. The summed E-state index contributed by atoms with van der Waals surface area (Å²) in [5.74, 6) is -0.0789. The number of carbonyl (C=O) groups is 1. The lowest BCUT2D eigenvalue weighted by Crippen LogP contribution is -2.31. The molecule has 1 amide bonds. The molecule has 0 heterocycles. The van der Waals surface area contributed by atoms with Gasteiger partial charge in [-0.2, -0.15) is 0 Å². The standard InChI is InChI=1S/C16H16BrClN2O/c1-2-7-20(15-5-3-14(19)4-6-15)16(21)11-8-12(17)10-13(18)9-11/h3-6,8-10H,2,7,19H2,1H3. The molecule has 2 aromatic rings. The molecule has 0 fully saturated rings. The first-order valence-electron chi connectivity index (χ1n) is 6.64. The Hall–Kier alpha value is -1.52. The molecule has 21 heavy (non-hydrogen) atoms. The Morgan fingerprint density at radius 2 is 1.90 bits per heavy atom. The second kappa shape index (κ2) is 6.96. The van der Waals surface area contributed by atoms with Crippen molar-refractivity contribution in [3.8, 4) is 0 Å². The molecule has 0 saturated carbocycles. The molecule has 5 heteroatoms. The topological polar surface area (TPSA) is 46.3 Å². The molecule has 0 aromatic heterocycles. The molecule has 0 spiro atoms. The van der Waals surface area contributed by atoms with Gasteiger partial charge in [-0.15, -0.1) is 0 Å². The van der Waals surface area contributed by atoms with Crippen molar-refractivity contribution < 1.29 is 4.79 Å². The maximum atomic E-state index is 12.7. The Balaban J connectivity index is 2.37. The molecule has 0 aliphatic rings.